The lowest BCUT2D eigenvalue weighted by atomic mass is 10.1. The molecule has 3 heterocycles. The van der Waals surface area contributed by atoms with Crippen molar-refractivity contribution in [1.82, 2.24) is 15.2 Å². The van der Waals surface area contributed by atoms with E-state index in [9.17, 15) is 9.59 Å². The minimum Gasteiger partial charge on any atom is -0.463 e. The second kappa shape index (κ2) is 7.24. The molecule has 0 bridgehead atoms. The van der Waals surface area contributed by atoms with Crippen LogP contribution >= 0.6 is 11.3 Å². The summed E-state index contributed by atoms with van der Waals surface area (Å²) in [6.07, 6.45) is 1.51. The fraction of sp³-hybridized carbons (Fsp3) is 0.100. The molecule has 140 valence electrons. The highest BCUT2D eigenvalue weighted by Crippen LogP contribution is 2.29. The van der Waals surface area contributed by atoms with Gasteiger partial charge in [-0.3, -0.25) is 14.9 Å². The van der Waals surface area contributed by atoms with Crippen molar-refractivity contribution in [2.24, 2.45) is 0 Å². The molecule has 0 aliphatic carbocycles. The lowest BCUT2D eigenvalue weighted by molar-refractivity contribution is 0.102. The molecule has 0 atom stereocenters. The molecular weight excluding hydrogens is 376 g/mol. The first-order chi connectivity index (χ1) is 13.5. The van der Waals surface area contributed by atoms with E-state index in [-0.39, 0.29) is 5.56 Å². The molecule has 0 unspecified atom stereocenters. The van der Waals surface area contributed by atoms with E-state index < -0.39 is 11.5 Å². The maximum absolute atomic E-state index is 12.5. The van der Waals surface area contributed by atoms with Crippen molar-refractivity contribution in [1.29, 1.82) is 0 Å². The Bertz CT molecular complexity index is 1210. The number of H-pyrrole nitrogens is 1. The zero-order valence-electron chi connectivity index (χ0n) is 15.1. The molecule has 3 aromatic heterocycles. The molecule has 0 aliphatic rings. The van der Waals surface area contributed by atoms with Crippen LogP contribution in [-0.2, 0) is 0 Å². The number of aromatic nitrogens is 3. The summed E-state index contributed by atoms with van der Waals surface area (Å²) in [6, 6.07) is 12.6. The van der Waals surface area contributed by atoms with E-state index in [0.717, 1.165) is 16.7 Å². The average Bonchev–Trinajstić information content (AvgIpc) is 3.33. The molecule has 1 aromatic carbocycles. The number of pyridine rings is 1. The topological polar surface area (TPSA) is 101 Å². The van der Waals surface area contributed by atoms with Crippen LogP contribution in [0, 0.1) is 13.8 Å². The van der Waals surface area contributed by atoms with E-state index >= 15 is 0 Å². The lowest BCUT2D eigenvalue weighted by Gasteiger charge is -2.03. The van der Waals surface area contributed by atoms with E-state index in [1.807, 2.05) is 26.0 Å². The van der Waals surface area contributed by atoms with Gasteiger partial charge in [-0.05, 0) is 43.7 Å². The van der Waals surface area contributed by atoms with E-state index in [1.165, 1.54) is 23.7 Å². The fourth-order valence-corrected chi connectivity index (χ4v) is 3.66. The maximum atomic E-state index is 12.5. The molecular formula is C20H16N4O3S. The Morgan fingerprint density at radius 2 is 2.00 bits per heavy atom. The molecule has 7 nitrogen and oxygen atoms in total. The van der Waals surface area contributed by atoms with E-state index in [4.69, 9.17) is 4.42 Å². The highest BCUT2D eigenvalue weighted by Gasteiger charge is 2.16. The zero-order chi connectivity index (χ0) is 19.7. The Labute approximate surface area is 164 Å². The highest BCUT2D eigenvalue weighted by atomic mass is 32.1. The van der Waals surface area contributed by atoms with Crippen LogP contribution in [0.2, 0.25) is 0 Å². The number of hydrogen-bond acceptors (Lipinski definition) is 6. The van der Waals surface area contributed by atoms with Crippen LogP contribution in [0.5, 0.6) is 0 Å². The smallest absolute Gasteiger partial charge is 0.263 e. The summed E-state index contributed by atoms with van der Waals surface area (Å²) in [7, 11) is 0. The first-order valence-electron chi connectivity index (χ1n) is 8.51. The van der Waals surface area contributed by atoms with Crippen molar-refractivity contribution in [3.05, 3.63) is 75.8 Å². The van der Waals surface area contributed by atoms with Gasteiger partial charge < -0.3 is 9.40 Å². The summed E-state index contributed by atoms with van der Waals surface area (Å²) >= 11 is 1.25. The molecule has 0 saturated heterocycles. The summed E-state index contributed by atoms with van der Waals surface area (Å²) in [5.41, 5.74) is 3.18. The van der Waals surface area contributed by atoms with Crippen LogP contribution in [0.25, 0.3) is 22.0 Å². The van der Waals surface area contributed by atoms with Gasteiger partial charge in [0.05, 0.1) is 12.0 Å². The Kier molecular flexibility index (Phi) is 4.62. The minimum absolute atomic E-state index is 0.0152. The second-order valence-corrected chi connectivity index (χ2v) is 7.25. The van der Waals surface area contributed by atoms with Gasteiger partial charge in [0.25, 0.3) is 11.5 Å². The number of rotatable bonds is 4. The third-order valence-electron chi connectivity index (χ3n) is 4.20. The van der Waals surface area contributed by atoms with Gasteiger partial charge in [0.1, 0.15) is 16.3 Å². The molecule has 8 heteroatoms. The molecule has 0 aliphatic heterocycles. The Balaban J connectivity index is 1.54. The van der Waals surface area contributed by atoms with Crippen molar-refractivity contribution in [2.45, 2.75) is 13.8 Å². The number of aromatic amines is 1. The summed E-state index contributed by atoms with van der Waals surface area (Å²) in [5, 5.41) is 11.8. The Morgan fingerprint density at radius 1 is 1.14 bits per heavy atom. The lowest BCUT2D eigenvalue weighted by Crippen LogP contribution is -2.23. The monoisotopic (exact) mass is 392 g/mol. The van der Waals surface area contributed by atoms with Crippen molar-refractivity contribution >= 4 is 22.4 Å². The van der Waals surface area contributed by atoms with Gasteiger partial charge in [0.15, 0.2) is 0 Å². The summed E-state index contributed by atoms with van der Waals surface area (Å²) < 4.78 is 5.25. The van der Waals surface area contributed by atoms with Crippen LogP contribution in [0.15, 0.2) is 57.9 Å². The van der Waals surface area contributed by atoms with E-state index in [0.29, 0.717) is 21.6 Å². The van der Waals surface area contributed by atoms with Crippen LogP contribution in [0.3, 0.4) is 0 Å². The Morgan fingerprint density at radius 3 is 2.71 bits per heavy atom. The summed E-state index contributed by atoms with van der Waals surface area (Å²) in [5.74, 6) is -0.0261. The fourth-order valence-electron chi connectivity index (χ4n) is 2.83. The van der Waals surface area contributed by atoms with Crippen LogP contribution < -0.4 is 10.9 Å². The van der Waals surface area contributed by atoms with Crippen LogP contribution in [-0.4, -0.2) is 21.1 Å². The van der Waals surface area contributed by atoms with Crippen molar-refractivity contribution < 1.29 is 9.21 Å². The predicted octanol–water partition coefficient (Wildman–Crippen LogP) is 4.02. The van der Waals surface area contributed by atoms with Crippen molar-refractivity contribution in [2.75, 3.05) is 5.32 Å². The number of amides is 1. The molecule has 28 heavy (non-hydrogen) atoms. The molecule has 0 spiro atoms. The number of aryl methyl sites for hydroxylation is 2. The minimum atomic E-state index is -0.546. The molecule has 4 aromatic rings. The maximum Gasteiger partial charge on any atom is 0.263 e. The van der Waals surface area contributed by atoms with Gasteiger partial charge in [-0.2, -0.15) is 0 Å². The number of nitrogens with one attached hydrogen (secondary N) is 2. The van der Waals surface area contributed by atoms with E-state index in [2.05, 4.69) is 26.6 Å². The normalized spacial score (nSPS) is 10.8. The van der Waals surface area contributed by atoms with Gasteiger partial charge >= 0.3 is 0 Å². The van der Waals surface area contributed by atoms with Gasteiger partial charge in [-0.1, -0.05) is 35.1 Å². The van der Waals surface area contributed by atoms with Gasteiger partial charge in [-0.25, -0.2) is 0 Å². The molecule has 0 fully saturated rings. The largest absolute Gasteiger partial charge is 0.463 e. The number of benzene rings is 1. The quantitative estimate of drug-likeness (QED) is 0.546. The number of carbonyl (C=O) groups is 1. The predicted molar refractivity (Wildman–Crippen MR) is 108 cm³/mol. The van der Waals surface area contributed by atoms with E-state index in [1.54, 1.807) is 18.2 Å². The third-order valence-corrected chi connectivity index (χ3v) is 5.07. The Hall–Kier alpha value is -3.52. The number of carbonyl (C=O) groups excluding carboxylic acids is 1. The first kappa shape index (κ1) is 17.9. The highest BCUT2D eigenvalue weighted by molar-refractivity contribution is 7.18. The zero-order valence-corrected chi connectivity index (χ0v) is 16.0. The molecule has 1 amide bonds. The van der Waals surface area contributed by atoms with Gasteiger partial charge in [0.2, 0.25) is 5.13 Å². The molecule has 0 saturated carbocycles. The second-order valence-electron chi connectivity index (χ2n) is 6.28. The number of hydrogen-bond donors (Lipinski definition) is 2. The van der Waals surface area contributed by atoms with Gasteiger partial charge in [-0.15, -0.1) is 10.2 Å². The van der Waals surface area contributed by atoms with Crippen LogP contribution in [0.1, 0.15) is 21.5 Å². The molecule has 0 radical (unpaired) electrons. The molecule has 2 N–H and O–H groups in total. The summed E-state index contributed by atoms with van der Waals surface area (Å²) in [6.45, 7) is 4.03. The number of nitrogens with zero attached hydrogens (tertiary/aromatic N) is 2. The molecule has 4 rings (SSSR count). The first-order valence-corrected chi connectivity index (χ1v) is 9.32. The van der Waals surface area contributed by atoms with Crippen molar-refractivity contribution in [3.63, 3.8) is 0 Å². The SMILES string of the molecule is Cc1ccc(-c2nnc(NC(=O)c3ccc(-c4ccco4)[nH]c3=O)s2)c(C)c1. The number of furan rings is 1. The number of anilines is 1. The van der Waals surface area contributed by atoms with Crippen molar-refractivity contribution in [3.8, 4) is 22.0 Å². The van der Waals surface area contributed by atoms with Gasteiger partial charge in [0, 0.05) is 5.56 Å². The third kappa shape index (κ3) is 3.49. The standard InChI is InChI=1S/C20H16N4O3S/c1-11-5-6-13(12(2)10-11)19-23-24-20(28-19)22-18(26)14-7-8-15(21-17(14)25)16-4-3-9-27-16/h3-10H,1-2H3,(H,21,25)(H,22,24,26). The average molecular weight is 392 g/mol. The summed E-state index contributed by atoms with van der Waals surface area (Å²) in [4.78, 5) is 27.4. The van der Waals surface area contributed by atoms with Crippen LogP contribution in [0.4, 0.5) is 5.13 Å².